The third kappa shape index (κ3) is 1.82. The van der Waals surface area contributed by atoms with Crippen molar-refractivity contribution in [3.63, 3.8) is 0 Å². The topological polar surface area (TPSA) is 37.8 Å². The molecule has 0 aliphatic rings. The summed E-state index contributed by atoms with van der Waals surface area (Å²) >= 11 is 6.39. The van der Waals surface area contributed by atoms with Crippen LogP contribution in [0.15, 0.2) is 15.9 Å². The van der Waals surface area contributed by atoms with Crippen molar-refractivity contribution in [2.45, 2.75) is 6.92 Å². The highest BCUT2D eigenvalue weighted by Crippen LogP contribution is 2.36. The van der Waals surface area contributed by atoms with Gasteiger partial charge in [-0.05, 0) is 34.3 Å². The fraction of sp³-hybridized carbons (Fsp3) is 0.250. The van der Waals surface area contributed by atoms with E-state index in [1.54, 1.807) is 11.3 Å². The standard InChI is InChI=1S/C8H8BrN3S2/c1-2-10-8-6(11-14-12-8)7-5(9)3-4-13-7/h3-4H,2H2,1H3,(H,10,12). The molecule has 0 aromatic carbocycles. The molecule has 2 aromatic heterocycles. The molecule has 2 rings (SSSR count). The molecule has 0 aliphatic heterocycles. The Hall–Kier alpha value is -0.460. The van der Waals surface area contributed by atoms with Crippen LogP contribution < -0.4 is 5.32 Å². The second-order valence-electron chi connectivity index (χ2n) is 2.59. The number of hydrogen-bond acceptors (Lipinski definition) is 5. The van der Waals surface area contributed by atoms with Gasteiger partial charge in [0.25, 0.3) is 0 Å². The van der Waals surface area contributed by atoms with Gasteiger partial charge in [0, 0.05) is 11.0 Å². The van der Waals surface area contributed by atoms with E-state index in [-0.39, 0.29) is 0 Å². The molecule has 0 saturated heterocycles. The summed E-state index contributed by atoms with van der Waals surface area (Å²) in [6, 6.07) is 2.02. The Labute approximate surface area is 98.6 Å². The second-order valence-corrected chi connectivity index (χ2v) is 4.89. The zero-order valence-electron chi connectivity index (χ0n) is 7.45. The summed E-state index contributed by atoms with van der Waals surface area (Å²) in [6.45, 7) is 2.91. The number of halogens is 1. The minimum Gasteiger partial charge on any atom is -0.368 e. The SMILES string of the molecule is CCNc1nsnc1-c1sccc1Br. The van der Waals surface area contributed by atoms with E-state index >= 15 is 0 Å². The minimum atomic E-state index is 0.863. The predicted octanol–water partition coefficient (Wildman–Crippen LogP) is 3.46. The van der Waals surface area contributed by atoms with Crippen molar-refractivity contribution < 1.29 is 0 Å². The molecule has 0 aliphatic carbocycles. The lowest BCUT2D eigenvalue weighted by molar-refractivity contribution is 1.19. The molecule has 2 aromatic rings. The van der Waals surface area contributed by atoms with Gasteiger partial charge in [-0.1, -0.05) is 0 Å². The van der Waals surface area contributed by atoms with Crippen LogP contribution in [0, 0.1) is 0 Å². The van der Waals surface area contributed by atoms with Crippen LogP contribution in [0.2, 0.25) is 0 Å². The fourth-order valence-electron chi connectivity index (χ4n) is 1.08. The van der Waals surface area contributed by atoms with Gasteiger partial charge in [0.15, 0.2) is 5.82 Å². The van der Waals surface area contributed by atoms with Crippen molar-refractivity contribution >= 4 is 44.8 Å². The first-order chi connectivity index (χ1) is 6.83. The zero-order valence-corrected chi connectivity index (χ0v) is 10.7. The highest BCUT2D eigenvalue weighted by atomic mass is 79.9. The van der Waals surface area contributed by atoms with Crippen LogP contribution in [0.25, 0.3) is 10.6 Å². The third-order valence-corrected chi connectivity index (χ3v) is 4.04. The molecule has 1 N–H and O–H groups in total. The highest BCUT2D eigenvalue weighted by molar-refractivity contribution is 9.10. The molecule has 2 heterocycles. The maximum absolute atomic E-state index is 4.29. The lowest BCUT2D eigenvalue weighted by Gasteiger charge is -1.99. The second kappa shape index (κ2) is 4.37. The van der Waals surface area contributed by atoms with Crippen LogP contribution in [0.5, 0.6) is 0 Å². The van der Waals surface area contributed by atoms with E-state index in [0.717, 1.165) is 27.4 Å². The van der Waals surface area contributed by atoms with Crippen LogP contribution in [0.3, 0.4) is 0 Å². The average Bonchev–Trinajstić information content (AvgIpc) is 2.74. The first kappa shape index (κ1) is 10.1. The van der Waals surface area contributed by atoms with E-state index in [1.807, 2.05) is 18.4 Å². The van der Waals surface area contributed by atoms with E-state index in [2.05, 4.69) is 30.0 Å². The summed E-state index contributed by atoms with van der Waals surface area (Å²) < 4.78 is 9.57. The highest BCUT2D eigenvalue weighted by Gasteiger charge is 2.13. The van der Waals surface area contributed by atoms with E-state index in [0.29, 0.717) is 0 Å². The number of hydrogen-bond donors (Lipinski definition) is 1. The van der Waals surface area contributed by atoms with Crippen molar-refractivity contribution in [3.05, 3.63) is 15.9 Å². The maximum atomic E-state index is 4.29. The van der Waals surface area contributed by atoms with Crippen molar-refractivity contribution in [3.8, 4) is 10.6 Å². The Balaban J connectivity index is 2.41. The van der Waals surface area contributed by atoms with Crippen LogP contribution in [-0.4, -0.2) is 15.3 Å². The largest absolute Gasteiger partial charge is 0.368 e. The summed E-state index contributed by atoms with van der Waals surface area (Å²) in [6.07, 6.45) is 0. The van der Waals surface area contributed by atoms with Crippen LogP contribution >= 0.6 is 39.0 Å². The zero-order chi connectivity index (χ0) is 9.97. The predicted molar refractivity (Wildman–Crippen MR) is 65.1 cm³/mol. The number of nitrogens with one attached hydrogen (secondary N) is 1. The third-order valence-electron chi connectivity index (χ3n) is 1.67. The molecular weight excluding hydrogens is 282 g/mol. The van der Waals surface area contributed by atoms with E-state index in [1.165, 1.54) is 11.7 Å². The average molecular weight is 290 g/mol. The summed E-state index contributed by atoms with van der Waals surface area (Å²) in [4.78, 5) is 1.13. The molecule has 0 radical (unpaired) electrons. The van der Waals surface area contributed by atoms with Gasteiger partial charge in [0.05, 0.1) is 16.6 Å². The van der Waals surface area contributed by atoms with Gasteiger partial charge in [-0.3, -0.25) is 0 Å². The maximum Gasteiger partial charge on any atom is 0.169 e. The van der Waals surface area contributed by atoms with Crippen molar-refractivity contribution in [2.75, 3.05) is 11.9 Å². The molecule has 6 heteroatoms. The number of anilines is 1. The molecule has 0 atom stereocenters. The number of nitrogens with zero attached hydrogens (tertiary/aromatic N) is 2. The summed E-state index contributed by atoms with van der Waals surface area (Å²) in [5, 5.41) is 5.23. The van der Waals surface area contributed by atoms with Crippen molar-refractivity contribution in [1.82, 2.24) is 8.75 Å². The van der Waals surface area contributed by atoms with Crippen molar-refractivity contribution in [2.24, 2.45) is 0 Å². The van der Waals surface area contributed by atoms with Gasteiger partial charge in [-0.25, -0.2) is 0 Å². The molecule has 0 fully saturated rings. The number of thiophene rings is 1. The molecule has 0 bridgehead atoms. The van der Waals surface area contributed by atoms with Gasteiger partial charge in [-0.2, -0.15) is 8.75 Å². The van der Waals surface area contributed by atoms with Crippen LogP contribution in [-0.2, 0) is 0 Å². The lowest BCUT2D eigenvalue weighted by Crippen LogP contribution is -1.97. The first-order valence-electron chi connectivity index (χ1n) is 4.12. The number of aromatic nitrogens is 2. The van der Waals surface area contributed by atoms with Gasteiger partial charge >= 0.3 is 0 Å². The van der Waals surface area contributed by atoms with Gasteiger partial charge in [0.2, 0.25) is 0 Å². The van der Waals surface area contributed by atoms with Crippen LogP contribution in [0.4, 0.5) is 5.82 Å². The minimum absolute atomic E-state index is 0.863. The Morgan fingerprint density at radius 3 is 3.00 bits per heavy atom. The molecule has 74 valence electrons. The van der Waals surface area contributed by atoms with Crippen molar-refractivity contribution in [1.29, 1.82) is 0 Å². The molecule has 0 amide bonds. The van der Waals surface area contributed by atoms with Crippen LogP contribution in [0.1, 0.15) is 6.92 Å². The summed E-state index contributed by atoms with van der Waals surface area (Å²) in [5.41, 5.74) is 0.943. The summed E-state index contributed by atoms with van der Waals surface area (Å²) in [5.74, 6) is 0.876. The van der Waals surface area contributed by atoms with Gasteiger partial charge < -0.3 is 5.32 Å². The molecule has 0 saturated carbocycles. The smallest absolute Gasteiger partial charge is 0.169 e. The summed E-state index contributed by atoms with van der Waals surface area (Å²) in [7, 11) is 0. The van der Waals surface area contributed by atoms with Gasteiger partial charge in [-0.15, -0.1) is 11.3 Å². The lowest BCUT2D eigenvalue weighted by atomic mass is 10.3. The fourth-order valence-corrected chi connectivity index (χ4v) is 3.22. The molecule has 0 unspecified atom stereocenters. The number of rotatable bonds is 3. The first-order valence-corrected chi connectivity index (χ1v) is 6.53. The van der Waals surface area contributed by atoms with E-state index < -0.39 is 0 Å². The Morgan fingerprint density at radius 1 is 1.50 bits per heavy atom. The molecular formula is C8H8BrN3S2. The normalized spacial score (nSPS) is 10.4. The monoisotopic (exact) mass is 289 g/mol. The molecule has 3 nitrogen and oxygen atoms in total. The molecule has 14 heavy (non-hydrogen) atoms. The Bertz CT molecular complexity index is 424. The van der Waals surface area contributed by atoms with Gasteiger partial charge in [0.1, 0.15) is 5.69 Å². The molecule has 0 spiro atoms. The Kier molecular flexibility index (Phi) is 3.15. The van der Waals surface area contributed by atoms with E-state index in [4.69, 9.17) is 0 Å². The quantitative estimate of drug-likeness (QED) is 0.940. The Morgan fingerprint density at radius 2 is 2.36 bits per heavy atom. The van der Waals surface area contributed by atoms with E-state index in [9.17, 15) is 0 Å².